The molecule has 0 radical (unpaired) electrons. The number of hydrogen-bond donors (Lipinski definition) is 2. The molecule has 0 atom stereocenters. The lowest BCUT2D eigenvalue weighted by molar-refractivity contribution is 0.588. The molecule has 0 saturated heterocycles. The zero-order chi connectivity index (χ0) is 14.4. The number of benzene rings is 1. The van der Waals surface area contributed by atoms with Gasteiger partial charge in [0.15, 0.2) is 0 Å². The number of aromatic nitrogens is 2. The molecule has 20 heavy (non-hydrogen) atoms. The number of aryl methyl sites for hydroxylation is 1. The van der Waals surface area contributed by atoms with Crippen molar-refractivity contribution in [2.75, 3.05) is 18.9 Å². The fraction of sp³-hybridized carbons (Fsp3) is 0.308. The Morgan fingerprint density at radius 2 is 2.10 bits per heavy atom. The molecule has 0 saturated carbocycles. The summed E-state index contributed by atoms with van der Waals surface area (Å²) in [6.45, 7) is 1.53. The van der Waals surface area contributed by atoms with Crippen LogP contribution in [0.1, 0.15) is 6.42 Å². The van der Waals surface area contributed by atoms with E-state index in [0.717, 1.165) is 13.0 Å². The number of sulfonamides is 1. The van der Waals surface area contributed by atoms with E-state index in [2.05, 4.69) is 15.0 Å². The van der Waals surface area contributed by atoms with Crippen molar-refractivity contribution in [1.29, 1.82) is 0 Å². The van der Waals surface area contributed by atoms with Gasteiger partial charge in [-0.2, -0.15) is 0 Å². The Bertz CT molecular complexity index is 638. The van der Waals surface area contributed by atoms with Crippen LogP contribution in [0.3, 0.4) is 0 Å². The van der Waals surface area contributed by atoms with Gasteiger partial charge in [0.05, 0.1) is 12.0 Å². The van der Waals surface area contributed by atoms with Crippen LogP contribution in [0.2, 0.25) is 0 Å². The molecule has 1 aromatic carbocycles. The summed E-state index contributed by atoms with van der Waals surface area (Å²) in [7, 11) is -2.03. The first-order chi connectivity index (χ1) is 9.63. The van der Waals surface area contributed by atoms with Crippen LogP contribution < -0.4 is 10.0 Å². The van der Waals surface area contributed by atoms with Crippen molar-refractivity contribution in [3.63, 3.8) is 0 Å². The zero-order valence-corrected chi connectivity index (χ0v) is 12.1. The Kier molecular flexibility index (Phi) is 4.75. The first-order valence-electron chi connectivity index (χ1n) is 6.35. The molecule has 108 valence electrons. The van der Waals surface area contributed by atoms with Crippen molar-refractivity contribution >= 4 is 15.7 Å². The molecule has 2 rings (SSSR count). The molecule has 0 spiro atoms. The highest BCUT2D eigenvalue weighted by Gasteiger charge is 2.15. The van der Waals surface area contributed by atoms with Crippen molar-refractivity contribution in [3.05, 3.63) is 43.0 Å². The smallest absolute Gasteiger partial charge is 0.242 e. The molecule has 0 bridgehead atoms. The normalized spacial score (nSPS) is 11.4. The maximum Gasteiger partial charge on any atom is 0.242 e. The summed E-state index contributed by atoms with van der Waals surface area (Å²) in [6.07, 6.45) is 6.28. The summed E-state index contributed by atoms with van der Waals surface area (Å²) in [5, 5.41) is 3.16. The van der Waals surface area contributed by atoms with Crippen LogP contribution in [0.25, 0.3) is 0 Å². The third-order valence-electron chi connectivity index (χ3n) is 2.91. The average Bonchev–Trinajstić information content (AvgIpc) is 2.97. The summed E-state index contributed by atoms with van der Waals surface area (Å²) < 4.78 is 28.1. The van der Waals surface area contributed by atoms with Gasteiger partial charge in [0, 0.05) is 25.5 Å². The van der Waals surface area contributed by atoms with Gasteiger partial charge in [0.1, 0.15) is 4.90 Å². The van der Waals surface area contributed by atoms with Crippen LogP contribution in [-0.4, -0.2) is 31.6 Å². The minimum absolute atomic E-state index is 0.269. The Morgan fingerprint density at radius 1 is 1.30 bits per heavy atom. The number of hydrogen-bond acceptors (Lipinski definition) is 4. The topological polar surface area (TPSA) is 76.0 Å². The maximum atomic E-state index is 11.9. The molecule has 2 N–H and O–H groups in total. The van der Waals surface area contributed by atoms with Crippen LogP contribution in [0.5, 0.6) is 0 Å². The molecule has 7 heteroatoms. The summed E-state index contributed by atoms with van der Waals surface area (Å²) in [5.41, 5.74) is 0.618. The number of nitrogens with one attached hydrogen (secondary N) is 2. The van der Waals surface area contributed by atoms with Gasteiger partial charge >= 0.3 is 0 Å². The van der Waals surface area contributed by atoms with Crippen molar-refractivity contribution < 1.29 is 8.42 Å². The average molecular weight is 294 g/mol. The van der Waals surface area contributed by atoms with Gasteiger partial charge in [-0.15, -0.1) is 0 Å². The first kappa shape index (κ1) is 14.5. The monoisotopic (exact) mass is 294 g/mol. The van der Waals surface area contributed by atoms with Gasteiger partial charge in [0.2, 0.25) is 10.0 Å². The van der Waals surface area contributed by atoms with Crippen molar-refractivity contribution in [1.82, 2.24) is 14.3 Å². The molecule has 0 amide bonds. The van der Waals surface area contributed by atoms with E-state index in [9.17, 15) is 8.42 Å². The van der Waals surface area contributed by atoms with Gasteiger partial charge in [-0.05, 0) is 25.6 Å². The Morgan fingerprint density at radius 3 is 2.80 bits per heavy atom. The Balaban J connectivity index is 1.96. The van der Waals surface area contributed by atoms with E-state index in [1.165, 1.54) is 7.05 Å². The zero-order valence-electron chi connectivity index (χ0n) is 11.3. The van der Waals surface area contributed by atoms with E-state index < -0.39 is 10.0 Å². The van der Waals surface area contributed by atoms with E-state index >= 15 is 0 Å². The summed E-state index contributed by atoms with van der Waals surface area (Å²) in [5.74, 6) is 0. The quantitative estimate of drug-likeness (QED) is 0.755. The van der Waals surface area contributed by atoms with E-state index in [1.807, 2.05) is 16.8 Å². The summed E-state index contributed by atoms with van der Waals surface area (Å²) in [6, 6.07) is 6.87. The fourth-order valence-corrected chi connectivity index (χ4v) is 2.77. The highest BCUT2D eigenvalue weighted by molar-refractivity contribution is 7.89. The minimum Gasteiger partial charge on any atom is -0.384 e. The number of imidazole rings is 1. The van der Waals surface area contributed by atoms with Crippen molar-refractivity contribution in [3.8, 4) is 0 Å². The Labute approximate surface area is 118 Å². The van der Waals surface area contributed by atoms with Crippen molar-refractivity contribution in [2.45, 2.75) is 17.9 Å². The lowest BCUT2D eigenvalue weighted by atomic mass is 10.3. The lowest BCUT2D eigenvalue weighted by Crippen LogP contribution is -2.20. The summed E-state index contributed by atoms with van der Waals surface area (Å²) >= 11 is 0. The molecule has 2 aromatic rings. The number of rotatable bonds is 7. The Hall–Kier alpha value is -1.86. The third kappa shape index (κ3) is 3.58. The summed E-state index contributed by atoms with van der Waals surface area (Å²) in [4.78, 5) is 4.24. The molecule has 1 aromatic heterocycles. The molecule has 0 aliphatic rings. The molecule has 1 heterocycles. The van der Waals surface area contributed by atoms with E-state index in [1.54, 1.807) is 30.7 Å². The lowest BCUT2D eigenvalue weighted by Gasteiger charge is -2.12. The van der Waals surface area contributed by atoms with E-state index in [0.29, 0.717) is 12.2 Å². The van der Waals surface area contributed by atoms with E-state index in [4.69, 9.17) is 0 Å². The van der Waals surface area contributed by atoms with Crippen molar-refractivity contribution in [2.24, 2.45) is 0 Å². The van der Waals surface area contributed by atoms with Gasteiger partial charge in [-0.1, -0.05) is 12.1 Å². The minimum atomic E-state index is -3.44. The molecular formula is C13H18N4O2S. The largest absolute Gasteiger partial charge is 0.384 e. The number of para-hydroxylation sites is 1. The predicted octanol–water partition coefficient (Wildman–Crippen LogP) is 1.29. The molecule has 6 nitrogen and oxygen atoms in total. The standard InChI is InChI=1S/C13H18N4O2S/c1-14-20(18,19)13-6-3-2-5-12(13)16-7-4-9-17-10-8-15-11-17/h2-3,5-6,8,10-11,14,16H,4,7,9H2,1H3. The second-order valence-electron chi connectivity index (χ2n) is 4.28. The van der Waals surface area contributed by atoms with Crippen LogP contribution >= 0.6 is 0 Å². The van der Waals surface area contributed by atoms with E-state index in [-0.39, 0.29) is 4.90 Å². The van der Waals surface area contributed by atoms with Gasteiger partial charge in [-0.25, -0.2) is 18.1 Å². The van der Waals surface area contributed by atoms with Crippen LogP contribution in [0.4, 0.5) is 5.69 Å². The second-order valence-corrected chi connectivity index (χ2v) is 6.14. The highest BCUT2D eigenvalue weighted by Crippen LogP contribution is 2.20. The molecule has 0 aliphatic carbocycles. The van der Waals surface area contributed by atoms with Gasteiger partial charge in [-0.3, -0.25) is 0 Å². The van der Waals surface area contributed by atoms with Crippen LogP contribution in [0.15, 0.2) is 47.9 Å². The second kappa shape index (κ2) is 6.53. The van der Waals surface area contributed by atoms with Gasteiger partial charge in [0.25, 0.3) is 0 Å². The number of anilines is 1. The highest BCUT2D eigenvalue weighted by atomic mass is 32.2. The first-order valence-corrected chi connectivity index (χ1v) is 7.84. The molecule has 0 unspecified atom stereocenters. The third-order valence-corrected chi connectivity index (χ3v) is 4.39. The SMILES string of the molecule is CNS(=O)(=O)c1ccccc1NCCCn1ccnc1. The fourth-order valence-electron chi connectivity index (χ4n) is 1.86. The molecular weight excluding hydrogens is 276 g/mol. The van der Waals surface area contributed by atoms with Crippen LogP contribution in [0, 0.1) is 0 Å². The van der Waals surface area contributed by atoms with Crippen LogP contribution in [-0.2, 0) is 16.6 Å². The molecule has 0 aliphatic heterocycles. The maximum absolute atomic E-state index is 11.9. The molecule has 0 fully saturated rings. The van der Waals surface area contributed by atoms with Gasteiger partial charge < -0.3 is 9.88 Å². The number of nitrogens with zero attached hydrogens (tertiary/aromatic N) is 2. The predicted molar refractivity (Wildman–Crippen MR) is 78.0 cm³/mol.